The fourth-order valence-electron chi connectivity index (χ4n) is 1.21. The highest BCUT2D eigenvalue weighted by atomic mass is 16.5. The Morgan fingerprint density at radius 2 is 2.12 bits per heavy atom. The number of anilines is 2. The summed E-state index contributed by atoms with van der Waals surface area (Å²) >= 11 is 0. The molecule has 0 amide bonds. The average molecular weight is 230 g/mol. The highest BCUT2D eigenvalue weighted by molar-refractivity contribution is 5.82. The third kappa shape index (κ3) is 2.38. The van der Waals surface area contributed by atoms with Gasteiger partial charge in [-0.2, -0.15) is 9.97 Å². The minimum Gasteiger partial charge on any atom is -0.382 e. The van der Waals surface area contributed by atoms with Crippen LogP contribution < -0.4 is 11.5 Å². The molecule has 2 aromatic heterocycles. The van der Waals surface area contributed by atoms with Crippen LogP contribution in [0.25, 0.3) is 11.2 Å². The lowest BCUT2D eigenvalue weighted by atomic mass is 10.4. The summed E-state index contributed by atoms with van der Waals surface area (Å²) in [4.78, 5) is 16.0. The van der Waals surface area contributed by atoms with E-state index in [1.54, 1.807) is 7.11 Å². The van der Waals surface area contributed by atoms with Crippen LogP contribution >= 0.6 is 0 Å². The monoisotopic (exact) mass is 230 g/mol. The van der Waals surface area contributed by atoms with Crippen molar-refractivity contribution in [3.63, 3.8) is 0 Å². The molecular weight excluding hydrogens is 220 g/mol. The number of methoxy groups -OCH3 is 1. The maximum atomic E-state index is 5.67. The molecule has 0 spiro atoms. The lowest BCUT2D eigenvalue weighted by molar-refractivity contribution is 0.240. The van der Waals surface area contributed by atoms with Gasteiger partial charge >= 0.3 is 0 Å². The van der Waals surface area contributed by atoms with E-state index in [9.17, 15) is 0 Å². The topological polar surface area (TPSA) is 113 Å². The number of ether oxygens (including phenoxy) is 1. The van der Waals surface area contributed by atoms with Crippen molar-refractivity contribution in [2.45, 2.75) is 0 Å². The fraction of sp³-hybridized carbons (Fsp3) is 0.200. The molecule has 4 N–H and O–H groups in total. The Balaban J connectivity index is 2.48. The summed E-state index contributed by atoms with van der Waals surface area (Å²) in [5.41, 5.74) is 12.3. The molecule has 0 fully saturated rings. The number of fused-ring (bicyclic) bond motifs is 1. The number of hydrogen-bond donors (Lipinski definition) is 2. The summed E-state index contributed by atoms with van der Waals surface area (Å²) in [6.07, 6.45) is 1.50. The van der Waals surface area contributed by atoms with E-state index in [1.807, 2.05) is 0 Å². The molecule has 0 aromatic carbocycles. The van der Waals surface area contributed by atoms with Gasteiger partial charge < -0.3 is 16.2 Å². The number of hydrogen-bond acceptors (Lipinski definition) is 7. The number of nitrogen functional groups attached to an aromatic ring is 2. The standard InChI is InChI=1S/C10H10N6O/c1-17-4-2-3-6-5-13-9-7(14-6)8(11)15-10(12)16-9/h5H,4H2,1H3,(H4,11,12,13,15,16). The van der Waals surface area contributed by atoms with E-state index in [-0.39, 0.29) is 11.8 Å². The summed E-state index contributed by atoms with van der Waals surface area (Å²) in [5.74, 6) is 5.82. The van der Waals surface area contributed by atoms with Crippen LogP contribution in [-0.2, 0) is 4.74 Å². The first-order valence-corrected chi connectivity index (χ1v) is 4.74. The van der Waals surface area contributed by atoms with Gasteiger partial charge in [0.15, 0.2) is 17.0 Å². The lowest BCUT2D eigenvalue weighted by Gasteiger charge is -2.00. The maximum Gasteiger partial charge on any atom is 0.224 e. The van der Waals surface area contributed by atoms with Crippen molar-refractivity contribution in [2.75, 3.05) is 25.2 Å². The SMILES string of the molecule is COCC#Cc1cnc2nc(N)nc(N)c2n1. The Morgan fingerprint density at radius 1 is 1.29 bits per heavy atom. The third-order valence-corrected chi connectivity index (χ3v) is 1.88. The number of aromatic nitrogens is 4. The summed E-state index contributed by atoms with van der Waals surface area (Å²) in [6.45, 7) is 0.327. The first-order chi connectivity index (χ1) is 8.20. The molecule has 2 aromatic rings. The normalized spacial score (nSPS) is 9.94. The van der Waals surface area contributed by atoms with Gasteiger partial charge in [-0.25, -0.2) is 9.97 Å². The smallest absolute Gasteiger partial charge is 0.224 e. The molecule has 7 heteroatoms. The second kappa shape index (κ2) is 4.59. The molecule has 0 aliphatic carbocycles. The maximum absolute atomic E-state index is 5.67. The molecule has 2 rings (SSSR count). The number of nitrogens with zero attached hydrogens (tertiary/aromatic N) is 4. The second-order valence-corrected chi connectivity index (χ2v) is 3.13. The third-order valence-electron chi connectivity index (χ3n) is 1.88. The van der Waals surface area contributed by atoms with Gasteiger partial charge in [0.25, 0.3) is 0 Å². The van der Waals surface area contributed by atoms with E-state index in [1.165, 1.54) is 6.20 Å². The van der Waals surface area contributed by atoms with Crippen molar-refractivity contribution in [2.24, 2.45) is 0 Å². The van der Waals surface area contributed by atoms with Crippen LogP contribution in [0.5, 0.6) is 0 Å². The van der Waals surface area contributed by atoms with Crippen LogP contribution in [0.4, 0.5) is 11.8 Å². The molecule has 0 saturated carbocycles. The van der Waals surface area contributed by atoms with Crippen LogP contribution in [0.3, 0.4) is 0 Å². The van der Waals surface area contributed by atoms with Gasteiger partial charge in [-0.1, -0.05) is 5.92 Å². The number of rotatable bonds is 1. The summed E-state index contributed by atoms with van der Waals surface area (Å²) in [7, 11) is 1.56. The van der Waals surface area contributed by atoms with Crippen molar-refractivity contribution in [1.29, 1.82) is 0 Å². The van der Waals surface area contributed by atoms with Crippen LogP contribution in [0.1, 0.15) is 5.69 Å². The molecule has 0 unspecified atom stereocenters. The van der Waals surface area contributed by atoms with E-state index < -0.39 is 0 Å². The fourth-order valence-corrected chi connectivity index (χ4v) is 1.21. The van der Waals surface area contributed by atoms with E-state index in [2.05, 4.69) is 31.8 Å². The van der Waals surface area contributed by atoms with Crippen molar-refractivity contribution in [3.8, 4) is 11.8 Å². The van der Waals surface area contributed by atoms with Gasteiger partial charge in [-0.05, 0) is 5.92 Å². The van der Waals surface area contributed by atoms with E-state index in [0.29, 0.717) is 23.5 Å². The zero-order valence-electron chi connectivity index (χ0n) is 9.14. The summed E-state index contributed by atoms with van der Waals surface area (Å²) in [6, 6.07) is 0. The van der Waals surface area contributed by atoms with Crippen molar-refractivity contribution >= 4 is 22.9 Å². The van der Waals surface area contributed by atoms with Gasteiger partial charge in [0.2, 0.25) is 5.95 Å². The van der Waals surface area contributed by atoms with Gasteiger partial charge in [-0.3, -0.25) is 0 Å². The Hall–Kier alpha value is -2.46. The Kier molecular flexibility index (Phi) is 2.98. The first kappa shape index (κ1) is 11.0. The number of nitrogens with two attached hydrogens (primary N) is 2. The quantitative estimate of drug-likeness (QED) is 0.640. The summed E-state index contributed by atoms with van der Waals surface area (Å²) < 4.78 is 4.80. The van der Waals surface area contributed by atoms with E-state index >= 15 is 0 Å². The minimum absolute atomic E-state index is 0.0718. The molecule has 17 heavy (non-hydrogen) atoms. The average Bonchev–Trinajstić information content (AvgIpc) is 2.30. The first-order valence-electron chi connectivity index (χ1n) is 4.74. The van der Waals surface area contributed by atoms with Crippen LogP contribution in [0.2, 0.25) is 0 Å². The zero-order chi connectivity index (χ0) is 12.3. The van der Waals surface area contributed by atoms with Gasteiger partial charge in [0, 0.05) is 7.11 Å². The molecule has 7 nitrogen and oxygen atoms in total. The van der Waals surface area contributed by atoms with Gasteiger partial charge in [-0.15, -0.1) is 0 Å². The van der Waals surface area contributed by atoms with Crippen LogP contribution in [0, 0.1) is 11.8 Å². The van der Waals surface area contributed by atoms with E-state index in [0.717, 1.165) is 0 Å². The Morgan fingerprint density at radius 3 is 2.88 bits per heavy atom. The van der Waals surface area contributed by atoms with E-state index in [4.69, 9.17) is 16.2 Å². The molecule has 2 heterocycles. The highest BCUT2D eigenvalue weighted by Gasteiger charge is 2.06. The highest BCUT2D eigenvalue weighted by Crippen LogP contribution is 2.13. The van der Waals surface area contributed by atoms with Crippen LogP contribution in [0.15, 0.2) is 6.20 Å². The Bertz CT molecular complexity index is 615. The van der Waals surface area contributed by atoms with Crippen molar-refractivity contribution < 1.29 is 4.74 Å². The van der Waals surface area contributed by atoms with Crippen molar-refractivity contribution in [3.05, 3.63) is 11.9 Å². The molecule has 0 radical (unpaired) electrons. The predicted octanol–water partition coefficient (Wildman–Crippen LogP) is -0.418. The molecule has 0 atom stereocenters. The largest absolute Gasteiger partial charge is 0.382 e. The van der Waals surface area contributed by atoms with Crippen LogP contribution in [-0.4, -0.2) is 33.7 Å². The van der Waals surface area contributed by atoms with Gasteiger partial charge in [0.1, 0.15) is 12.3 Å². The Labute approximate surface area is 97.2 Å². The summed E-state index contributed by atoms with van der Waals surface area (Å²) in [5, 5.41) is 0. The molecule has 86 valence electrons. The molecule has 0 saturated heterocycles. The van der Waals surface area contributed by atoms with Crippen molar-refractivity contribution in [1.82, 2.24) is 19.9 Å². The predicted molar refractivity (Wildman–Crippen MR) is 62.7 cm³/mol. The minimum atomic E-state index is 0.0718. The lowest BCUT2D eigenvalue weighted by Crippen LogP contribution is -2.03. The zero-order valence-corrected chi connectivity index (χ0v) is 9.14. The second-order valence-electron chi connectivity index (χ2n) is 3.13. The molecule has 0 aliphatic rings. The van der Waals surface area contributed by atoms with Gasteiger partial charge in [0.05, 0.1) is 6.20 Å². The molecule has 0 aliphatic heterocycles. The molecular formula is C10H10N6O. The molecule has 0 bridgehead atoms.